The van der Waals surface area contributed by atoms with E-state index in [0.29, 0.717) is 18.0 Å². The molecule has 0 fully saturated rings. The molecular weight excluding hydrogens is 296 g/mol. The summed E-state index contributed by atoms with van der Waals surface area (Å²) in [6.45, 7) is 2.20. The summed E-state index contributed by atoms with van der Waals surface area (Å²) in [4.78, 5) is 16.2. The molecule has 5 heteroatoms. The van der Waals surface area contributed by atoms with E-state index in [4.69, 9.17) is 5.11 Å². The Kier molecular flexibility index (Phi) is 6.43. The van der Waals surface area contributed by atoms with Gasteiger partial charge in [-0.15, -0.1) is 0 Å². The first-order valence-corrected chi connectivity index (χ1v) is 8.32. The maximum atomic E-state index is 12.0. The highest BCUT2D eigenvalue weighted by molar-refractivity contribution is 7.98. The normalized spacial score (nSPS) is 10.5. The van der Waals surface area contributed by atoms with Gasteiger partial charge in [0.05, 0.1) is 13.0 Å². The van der Waals surface area contributed by atoms with Crippen LogP contribution in [-0.2, 0) is 17.0 Å². The molecule has 0 saturated heterocycles. The van der Waals surface area contributed by atoms with E-state index < -0.39 is 0 Å². The lowest BCUT2D eigenvalue weighted by Crippen LogP contribution is -2.15. The molecule has 0 aliphatic rings. The number of nitrogens with one attached hydrogen (secondary N) is 1. The Balaban J connectivity index is 1.90. The lowest BCUT2D eigenvalue weighted by Gasteiger charge is -2.07. The summed E-state index contributed by atoms with van der Waals surface area (Å²) in [5.41, 5.74) is 3.25. The molecule has 1 heterocycles. The second-order valence-corrected chi connectivity index (χ2v) is 6.14. The Bertz CT molecular complexity index is 614. The Labute approximate surface area is 135 Å². The molecule has 2 rings (SSSR count). The quantitative estimate of drug-likeness (QED) is 0.771. The third kappa shape index (κ3) is 5.50. The summed E-state index contributed by atoms with van der Waals surface area (Å²) < 4.78 is 0. The lowest BCUT2D eigenvalue weighted by molar-refractivity contribution is -0.115. The first-order valence-electron chi connectivity index (χ1n) is 7.16. The number of aliphatic hydroxyl groups is 1. The number of hydrogen-bond acceptors (Lipinski definition) is 4. The number of aromatic nitrogens is 1. The summed E-state index contributed by atoms with van der Waals surface area (Å²) in [7, 11) is 0. The standard InChI is InChI=1S/C17H20N2O2S/c1-13-2-4-14(5-3-13)11-17(21)19-16-10-15(6-7-18-16)12-22-9-8-20/h2-7,10,20H,8-9,11-12H2,1H3,(H,18,19,21). The van der Waals surface area contributed by atoms with Crippen molar-refractivity contribution in [1.82, 2.24) is 4.98 Å². The van der Waals surface area contributed by atoms with Gasteiger partial charge in [0.1, 0.15) is 5.82 Å². The molecule has 0 atom stereocenters. The van der Waals surface area contributed by atoms with Gasteiger partial charge >= 0.3 is 0 Å². The molecule has 2 aromatic rings. The fourth-order valence-electron chi connectivity index (χ4n) is 1.97. The van der Waals surface area contributed by atoms with E-state index in [-0.39, 0.29) is 12.5 Å². The third-order valence-corrected chi connectivity index (χ3v) is 4.09. The van der Waals surface area contributed by atoms with Crippen LogP contribution in [0.4, 0.5) is 5.82 Å². The molecule has 0 aliphatic heterocycles. The van der Waals surface area contributed by atoms with Gasteiger partial charge in [-0.05, 0) is 30.2 Å². The summed E-state index contributed by atoms with van der Waals surface area (Å²) in [6.07, 6.45) is 2.03. The first-order chi connectivity index (χ1) is 10.7. The van der Waals surface area contributed by atoms with Gasteiger partial charge in [-0.1, -0.05) is 29.8 Å². The van der Waals surface area contributed by atoms with Gasteiger partial charge in [-0.25, -0.2) is 4.98 Å². The van der Waals surface area contributed by atoms with Crippen molar-refractivity contribution in [3.05, 3.63) is 59.3 Å². The number of hydrogen-bond donors (Lipinski definition) is 2. The van der Waals surface area contributed by atoms with Crippen LogP contribution in [-0.4, -0.2) is 28.4 Å². The molecule has 22 heavy (non-hydrogen) atoms. The summed E-state index contributed by atoms with van der Waals surface area (Å²) in [6, 6.07) is 11.7. The molecular formula is C17H20N2O2S. The maximum absolute atomic E-state index is 12.0. The molecule has 1 amide bonds. The molecule has 116 valence electrons. The number of anilines is 1. The second kappa shape index (κ2) is 8.56. The van der Waals surface area contributed by atoms with Crippen LogP contribution >= 0.6 is 11.8 Å². The molecule has 0 spiro atoms. The summed E-state index contributed by atoms with van der Waals surface area (Å²) >= 11 is 1.65. The number of thioether (sulfide) groups is 1. The molecule has 0 aliphatic carbocycles. The topological polar surface area (TPSA) is 62.2 Å². The van der Waals surface area contributed by atoms with Crippen molar-refractivity contribution < 1.29 is 9.90 Å². The molecule has 0 unspecified atom stereocenters. The highest BCUT2D eigenvalue weighted by Crippen LogP contribution is 2.14. The highest BCUT2D eigenvalue weighted by Gasteiger charge is 2.05. The monoisotopic (exact) mass is 316 g/mol. The smallest absolute Gasteiger partial charge is 0.229 e. The number of rotatable bonds is 7. The van der Waals surface area contributed by atoms with E-state index in [1.54, 1.807) is 18.0 Å². The van der Waals surface area contributed by atoms with Gasteiger partial charge in [0.2, 0.25) is 5.91 Å². The number of carbonyl (C=O) groups is 1. The summed E-state index contributed by atoms with van der Waals surface area (Å²) in [5.74, 6) is 2.00. The largest absolute Gasteiger partial charge is 0.396 e. The van der Waals surface area contributed by atoms with E-state index in [0.717, 1.165) is 16.9 Å². The lowest BCUT2D eigenvalue weighted by atomic mass is 10.1. The van der Waals surface area contributed by atoms with Crippen LogP contribution in [0.1, 0.15) is 16.7 Å². The van der Waals surface area contributed by atoms with Crippen molar-refractivity contribution in [3.8, 4) is 0 Å². The van der Waals surface area contributed by atoms with Crippen molar-refractivity contribution in [1.29, 1.82) is 0 Å². The van der Waals surface area contributed by atoms with Crippen LogP contribution in [0.15, 0.2) is 42.6 Å². The average molecular weight is 316 g/mol. The molecule has 1 aromatic heterocycles. The Morgan fingerprint density at radius 3 is 2.73 bits per heavy atom. The minimum atomic E-state index is -0.0727. The predicted molar refractivity (Wildman–Crippen MR) is 91.0 cm³/mol. The molecule has 4 nitrogen and oxygen atoms in total. The zero-order chi connectivity index (χ0) is 15.8. The van der Waals surface area contributed by atoms with Gasteiger partial charge in [-0.2, -0.15) is 11.8 Å². The number of amides is 1. The van der Waals surface area contributed by atoms with Crippen molar-refractivity contribution >= 4 is 23.5 Å². The minimum absolute atomic E-state index is 0.0727. The average Bonchev–Trinajstić information content (AvgIpc) is 2.50. The van der Waals surface area contributed by atoms with Crippen LogP contribution in [0.25, 0.3) is 0 Å². The molecule has 0 saturated carbocycles. The van der Waals surface area contributed by atoms with Crippen molar-refractivity contribution in [3.63, 3.8) is 0 Å². The third-order valence-electron chi connectivity index (χ3n) is 3.08. The zero-order valence-corrected chi connectivity index (χ0v) is 13.4. The highest BCUT2D eigenvalue weighted by atomic mass is 32.2. The van der Waals surface area contributed by atoms with Gasteiger partial charge in [0.15, 0.2) is 0 Å². The van der Waals surface area contributed by atoms with Crippen molar-refractivity contribution in [2.45, 2.75) is 19.1 Å². The fraction of sp³-hybridized carbons (Fsp3) is 0.294. The number of carbonyl (C=O) groups excluding carboxylic acids is 1. The zero-order valence-electron chi connectivity index (χ0n) is 12.6. The van der Waals surface area contributed by atoms with Crippen LogP contribution in [0.5, 0.6) is 0 Å². The second-order valence-electron chi connectivity index (χ2n) is 5.04. The Morgan fingerprint density at radius 1 is 1.23 bits per heavy atom. The Hall–Kier alpha value is -1.85. The SMILES string of the molecule is Cc1ccc(CC(=O)Nc2cc(CSCCO)ccn2)cc1. The van der Waals surface area contributed by atoms with Gasteiger partial charge < -0.3 is 10.4 Å². The van der Waals surface area contributed by atoms with Crippen molar-refractivity contribution in [2.24, 2.45) is 0 Å². The van der Waals surface area contributed by atoms with E-state index >= 15 is 0 Å². The van der Waals surface area contributed by atoms with Gasteiger partial charge in [-0.3, -0.25) is 4.79 Å². The minimum Gasteiger partial charge on any atom is -0.396 e. The van der Waals surface area contributed by atoms with Crippen LogP contribution in [0.3, 0.4) is 0 Å². The maximum Gasteiger partial charge on any atom is 0.229 e. The van der Waals surface area contributed by atoms with E-state index in [9.17, 15) is 4.79 Å². The molecule has 0 radical (unpaired) electrons. The number of aryl methyl sites for hydroxylation is 1. The number of pyridine rings is 1. The van der Waals surface area contributed by atoms with E-state index in [1.165, 1.54) is 5.56 Å². The summed E-state index contributed by atoms with van der Waals surface area (Å²) in [5, 5.41) is 11.6. The number of nitrogens with zero attached hydrogens (tertiary/aromatic N) is 1. The van der Waals surface area contributed by atoms with E-state index in [2.05, 4.69) is 10.3 Å². The van der Waals surface area contributed by atoms with Gasteiger partial charge in [0, 0.05) is 17.7 Å². The molecule has 0 bridgehead atoms. The van der Waals surface area contributed by atoms with Crippen molar-refractivity contribution in [2.75, 3.05) is 17.7 Å². The molecule has 1 aromatic carbocycles. The Morgan fingerprint density at radius 2 is 2.00 bits per heavy atom. The number of aliphatic hydroxyl groups excluding tert-OH is 1. The first kappa shape index (κ1) is 16.5. The van der Waals surface area contributed by atoms with E-state index in [1.807, 2.05) is 43.3 Å². The van der Waals surface area contributed by atoms with Crippen LogP contribution in [0, 0.1) is 6.92 Å². The van der Waals surface area contributed by atoms with Gasteiger partial charge in [0.25, 0.3) is 0 Å². The predicted octanol–water partition coefficient (Wildman–Crippen LogP) is 2.80. The number of benzene rings is 1. The molecule has 2 N–H and O–H groups in total. The van der Waals surface area contributed by atoms with Crippen LogP contribution in [0.2, 0.25) is 0 Å². The fourth-order valence-corrected chi connectivity index (χ4v) is 2.65. The van der Waals surface area contributed by atoms with Crippen LogP contribution < -0.4 is 5.32 Å².